The number of fused-ring (bicyclic) bond motifs is 1. The molecule has 1 aliphatic carbocycles. The number of aromatic nitrogens is 3. The second kappa shape index (κ2) is 6.36. The van der Waals surface area contributed by atoms with Crippen LogP contribution in [-0.2, 0) is 0 Å². The van der Waals surface area contributed by atoms with Crippen molar-refractivity contribution in [3.05, 3.63) is 46.5 Å². The molecule has 0 spiro atoms. The number of thiophene rings is 1. The predicted octanol–water partition coefficient (Wildman–Crippen LogP) is 4.10. The number of carbonyl (C=O) groups excluding carboxylic acids is 1. The second-order valence-corrected chi connectivity index (χ2v) is 7.35. The standard InChI is InChI=1S/C18H20N4OS/c1-12(16-7-4-8-24-16)21-18(23)13-9-15-17(19-10-13)22(11-20-15)14-5-2-3-6-14/h4,7-12,14H,2-3,5-6H2,1H3,(H,21,23). The fourth-order valence-electron chi connectivity index (χ4n) is 3.38. The van der Waals surface area contributed by atoms with Gasteiger partial charge in [0, 0.05) is 17.1 Å². The highest BCUT2D eigenvalue weighted by molar-refractivity contribution is 7.10. The van der Waals surface area contributed by atoms with E-state index in [-0.39, 0.29) is 11.9 Å². The van der Waals surface area contributed by atoms with Gasteiger partial charge in [-0.2, -0.15) is 0 Å². The number of amides is 1. The minimum absolute atomic E-state index is 0.00996. The van der Waals surface area contributed by atoms with E-state index in [9.17, 15) is 4.79 Å². The normalized spacial score (nSPS) is 16.5. The van der Waals surface area contributed by atoms with Gasteiger partial charge in [0.1, 0.15) is 5.52 Å². The van der Waals surface area contributed by atoms with E-state index in [0.29, 0.717) is 11.6 Å². The van der Waals surface area contributed by atoms with Gasteiger partial charge in [0.2, 0.25) is 0 Å². The van der Waals surface area contributed by atoms with E-state index in [4.69, 9.17) is 0 Å². The van der Waals surface area contributed by atoms with Crippen molar-refractivity contribution < 1.29 is 4.79 Å². The lowest BCUT2D eigenvalue weighted by Crippen LogP contribution is -2.26. The van der Waals surface area contributed by atoms with E-state index in [1.807, 2.05) is 36.8 Å². The highest BCUT2D eigenvalue weighted by atomic mass is 32.1. The molecule has 1 saturated carbocycles. The third kappa shape index (κ3) is 2.82. The van der Waals surface area contributed by atoms with Gasteiger partial charge in [0.15, 0.2) is 5.65 Å². The number of pyridine rings is 1. The zero-order valence-electron chi connectivity index (χ0n) is 13.6. The third-order valence-corrected chi connectivity index (χ3v) is 5.77. The lowest BCUT2D eigenvalue weighted by Gasteiger charge is -2.13. The molecule has 5 nitrogen and oxygen atoms in total. The summed E-state index contributed by atoms with van der Waals surface area (Å²) in [5.41, 5.74) is 2.23. The van der Waals surface area contributed by atoms with Crippen molar-refractivity contribution in [3.63, 3.8) is 0 Å². The number of rotatable bonds is 4. The van der Waals surface area contributed by atoms with Crippen LogP contribution in [0.2, 0.25) is 0 Å². The summed E-state index contributed by atoms with van der Waals surface area (Å²) in [5.74, 6) is -0.110. The van der Waals surface area contributed by atoms with Crippen molar-refractivity contribution >= 4 is 28.4 Å². The van der Waals surface area contributed by atoms with E-state index in [0.717, 1.165) is 16.0 Å². The Kier molecular flexibility index (Phi) is 4.06. The number of nitrogens with zero attached hydrogens (tertiary/aromatic N) is 3. The van der Waals surface area contributed by atoms with Crippen molar-refractivity contribution in [1.82, 2.24) is 19.9 Å². The summed E-state index contributed by atoms with van der Waals surface area (Å²) in [6, 6.07) is 6.35. The molecular formula is C18H20N4OS. The van der Waals surface area contributed by atoms with Crippen molar-refractivity contribution in [3.8, 4) is 0 Å². The molecule has 1 unspecified atom stereocenters. The zero-order chi connectivity index (χ0) is 16.5. The molecule has 124 valence electrons. The molecule has 6 heteroatoms. The maximum Gasteiger partial charge on any atom is 0.253 e. The van der Waals surface area contributed by atoms with Crippen LogP contribution in [0.5, 0.6) is 0 Å². The summed E-state index contributed by atoms with van der Waals surface area (Å²) < 4.78 is 2.16. The summed E-state index contributed by atoms with van der Waals surface area (Å²) in [6.45, 7) is 1.99. The highest BCUT2D eigenvalue weighted by Crippen LogP contribution is 2.31. The van der Waals surface area contributed by atoms with Crippen LogP contribution in [0.4, 0.5) is 0 Å². The van der Waals surface area contributed by atoms with Crippen molar-refractivity contribution in [1.29, 1.82) is 0 Å². The molecule has 0 aliphatic heterocycles. The van der Waals surface area contributed by atoms with E-state index in [1.54, 1.807) is 17.5 Å². The van der Waals surface area contributed by atoms with Gasteiger partial charge in [-0.1, -0.05) is 18.9 Å². The molecule has 1 atom stereocenters. The van der Waals surface area contributed by atoms with Crippen LogP contribution in [0, 0.1) is 0 Å². The number of nitrogens with one attached hydrogen (secondary N) is 1. The first kappa shape index (κ1) is 15.3. The Morgan fingerprint density at radius 2 is 2.21 bits per heavy atom. The Hall–Kier alpha value is -2.21. The molecule has 0 bridgehead atoms. The Morgan fingerprint density at radius 3 is 2.96 bits per heavy atom. The lowest BCUT2D eigenvalue weighted by atomic mass is 10.2. The van der Waals surface area contributed by atoms with Crippen molar-refractivity contribution in [2.75, 3.05) is 0 Å². The first-order chi connectivity index (χ1) is 11.7. The lowest BCUT2D eigenvalue weighted by molar-refractivity contribution is 0.0940. The fourth-order valence-corrected chi connectivity index (χ4v) is 4.12. The van der Waals surface area contributed by atoms with Crippen LogP contribution in [0.25, 0.3) is 11.2 Å². The predicted molar refractivity (Wildman–Crippen MR) is 95.2 cm³/mol. The largest absolute Gasteiger partial charge is 0.345 e. The maximum absolute atomic E-state index is 12.5. The molecule has 0 saturated heterocycles. The van der Waals surface area contributed by atoms with Crippen LogP contribution in [-0.4, -0.2) is 20.4 Å². The van der Waals surface area contributed by atoms with E-state index in [1.165, 1.54) is 25.7 Å². The second-order valence-electron chi connectivity index (χ2n) is 6.37. The van der Waals surface area contributed by atoms with Gasteiger partial charge in [-0.15, -0.1) is 11.3 Å². The molecule has 1 aliphatic rings. The van der Waals surface area contributed by atoms with E-state index < -0.39 is 0 Å². The molecule has 1 amide bonds. The van der Waals surface area contributed by atoms with Gasteiger partial charge in [0.25, 0.3) is 5.91 Å². The number of imidazole rings is 1. The molecule has 1 fully saturated rings. The summed E-state index contributed by atoms with van der Waals surface area (Å²) in [5, 5.41) is 5.04. The van der Waals surface area contributed by atoms with Crippen LogP contribution >= 0.6 is 11.3 Å². The molecular weight excluding hydrogens is 320 g/mol. The molecule has 24 heavy (non-hydrogen) atoms. The Bertz CT molecular complexity index is 849. The monoisotopic (exact) mass is 340 g/mol. The molecule has 3 heterocycles. The molecule has 3 aromatic rings. The Morgan fingerprint density at radius 1 is 1.38 bits per heavy atom. The molecule has 3 aromatic heterocycles. The van der Waals surface area contributed by atoms with Gasteiger partial charge >= 0.3 is 0 Å². The first-order valence-electron chi connectivity index (χ1n) is 8.39. The van der Waals surface area contributed by atoms with Gasteiger partial charge < -0.3 is 9.88 Å². The highest BCUT2D eigenvalue weighted by Gasteiger charge is 2.20. The van der Waals surface area contributed by atoms with Crippen molar-refractivity contribution in [2.45, 2.75) is 44.7 Å². The minimum atomic E-state index is -0.110. The van der Waals surface area contributed by atoms with Gasteiger partial charge in [-0.25, -0.2) is 9.97 Å². The average molecular weight is 340 g/mol. The maximum atomic E-state index is 12.5. The third-order valence-electron chi connectivity index (χ3n) is 4.71. The minimum Gasteiger partial charge on any atom is -0.345 e. The first-order valence-corrected chi connectivity index (χ1v) is 9.27. The van der Waals surface area contributed by atoms with Gasteiger partial charge in [-0.3, -0.25) is 4.79 Å². The SMILES string of the molecule is CC(NC(=O)c1cnc2c(c1)ncn2C1CCCC1)c1cccs1. The molecule has 1 N–H and O–H groups in total. The topological polar surface area (TPSA) is 59.8 Å². The smallest absolute Gasteiger partial charge is 0.253 e. The number of hydrogen-bond donors (Lipinski definition) is 1. The number of hydrogen-bond acceptors (Lipinski definition) is 4. The summed E-state index contributed by atoms with van der Waals surface area (Å²) in [6.07, 6.45) is 8.44. The summed E-state index contributed by atoms with van der Waals surface area (Å²) in [4.78, 5) is 22.6. The Balaban J connectivity index is 1.55. The summed E-state index contributed by atoms with van der Waals surface area (Å²) >= 11 is 1.64. The van der Waals surface area contributed by atoms with Crippen LogP contribution in [0.1, 0.15) is 59.9 Å². The zero-order valence-corrected chi connectivity index (χ0v) is 14.4. The fraction of sp³-hybridized carbons (Fsp3) is 0.389. The average Bonchev–Trinajstić information content (AvgIpc) is 3.33. The number of carbonyl (C=O) groups is 1. The quantitative estimate of drug-likeness (QED) is 0.778. The Labute approximate surface area is 144 Å². The van der Waals surface area contributed by atoms with E-state index >= 15 is 0 Å². The van der Waals surface area contributed by atoms with Gasteiger partial charge in [0.05, 0.1) is 17.9 Å². The van der Waals surface area contributed by atoms with E-state index in [2.05, 4.69) is 19.9 Å². The van der Waals surface area contributed by atoms with Crippen LogP contribution in [0.3, 0.4) is 0 Å². The van der Waals surface area contributed by atoms with Crippen LogP contribution < -0.4 is 5.32 Å². The molecule has 0 radical (unpaired) electrons. The van der Waals surface area contributed by atoms with Gasteiger partial charge in [-0.05, 0) is 37.3 Å². The van der Waals surface area contributed by atoms with Crippen molar-refractivity contribution in [2.24, 2.45) is 0 Å². The molecule has 0 aromatic carbocycles. The summed E-state index contributed by atoms with van der Waals surface area (Å²) in [7, 11) is 0. The molecule has 4 rings (SSSR count). The van der Waals surface area contributed by atoms with Crippen LogP contribution in [0.15, 0.2) is 36.1 Å².